The minimum absolute atomic E-state index is 0.149. The van der Waals surface area contributed by atoms with Crippen molar-refractivity contribution in [1.29, 1.82) is 0 Å². The Hall–Kier alpha value is -4.04. The molecule has 0 saturated carbocycles. The Morgan fingerprint density at radius 2 is 1.59 bits per heavy atom. The highest BCUT2D eigenvalue weighted by Gasteiger charge is 2.21. The fourth-order valence-electron chi connectivity index (χ4n) is 3.05. The van der Waals surface area contributed by atoms with Gasteiger partial charge in [-0.05, 0) is 48.0 Å². The zero-order valence-corrected chi connectivity index (χ0v) is 17.3. The van der Waals surface area contributed by atoms with Gasteiger partial charge >= 0.3 is 5.69 Å². The number of anilines is 1. The van der Waals surface area contributed by atoms with Gasteiger partial charge in [-0.15, -0.1) is 0 Å². The maximum Gasteiger partial charge on any atom is 0.352 e. The van der Waals surface area contributed by atoms with Crippen LogP contribution in [0.5, 0.6) is 0 Å². The van der Waals surface area contributed by atoms with E-state index >= 15 is 0 Å². The van der Waals surface area contributed by atoms with E-state index in [2.05, 4.69) is 10.4 Å². The van der Waals surface area contributed by atoms with Crippen molar-refractivity contribution in [3.8, 4) is 5.69 Å². The zero-order chi connectivity index (χ0) is 22.7. The first kappa shape index (κ1) is 21.2. The molecule has 0 fully saturated rings. The van der Waals surface area contributed by atoms with Crippen molar-refractivity contribution in [1.82, 2.24) is 14.3 Å². The summed E-state index contributed by atoms with van der Waals surface area (Å²) >= 11 is 6.21. The molecule has 0 aliphatic rings. The summed E-state index contributed by atoms with van der Waals surface area (Å²) in [4.78, 5) is 39.1. The molecular formula is C23H16ClFN4O3. The molecule has 9 heteroatoms. The predicted octanol–water partition coefficient (Wildman–Crippen LogP) is 3.49. The largest absolute Gasteiger partial charge is 0.352 e. The maximum absolute atomic E-state index is 13.2. The highest BCUT2D eigenvalue weighted by atomic mass is 35.5. The smallest absolute Gasteiger partial charge is 0.320 e. The van der Waals surface area contributed by atoms with Gasteiger partial charge in [0.05, 0.1) is 12.2 Å². The summed E-state index contributed by atoms with van der Waals surface area (Å²) in [6.45, 7) is -0.149. The summed E-state index contributed by atoms with van der Waals surface area (Å²) in [7, 11) is 0. The Morgan fingerprint density at radius 1 is 0.938 bits per heavy atom. The third-order valence-electron chi connectivity index (χ3n) is 4.66. The summed E-state index contributed by atoms with van der Waals surface area (Å²) in [6.07, 6.45) is 0. The SMILES string of the molecule is O=C(Nc1ccc(F)cc1)c1nn(-c2ccccc2)c(=O)n(Cc2ccccc2Cl)c1=O. The zero-order valence-electron chi connectivity index (χ0n) is 16.5. The highest BCUT2D eigenvalue weighted by molar-refractivity contribution is 6.31. The van der Waals surface area contributed by atoms with Crippen LogP contribution in [-0.2, 0) is 6.54 Å². The van der Waals surface area contributed by atoms with Gasteiger partial charge in [0.25, 0.3) is 11.5 Å². The van der Waals surface area contributed by atoms with Crippen LogP contribution in [0.15, 0.2) is 88.5 Å². The van der Waals surface area contributed by atoms with E-state index in [4.69, 9.17) is 11.6 Å². The number of carbonyl (C=O) groups excluding carboxylic acids is 1. The van der Waals surface area contributed by atoms with Crippen LogP contribution >= 0.6 is 11.6 Å². The van der Waals surface area contributed by atoms with Crippen molar-refractivity contribution >= 4 is 23.2 Å². The molecule has 0 atom stereocenters. The van der Waals surface area contributed by atoms with E-state index in [0.717, 1.165) is 9.25 Å². The fraction of sp³-hybridized carbons (Fsp3) is 0.0435. The van der Waals surface area contributed by atoms with Crippen LogP contribution in [-0.4, -0.2) is 20.3 Å². The van der Waals surface area contributed by atoms with Crippen LogP contribution in [0.3, 0.4) is 0 Å². The van der Waals surface area contributed by atoms with E-state index in [1.165, 1.54) is 24.3 Å². The average molecular weight is 451 g/mol. The number of nitrogens with zero attached hydrogens (tertiary/aromatic N) is 3. The van der Waals surface area contributed by atoms with Gasteiger partial charge in [-0.1, -0.05) is 48.0 Å². The first-order chi connectivity index (χ1) is 15.4. The molecule has 0 bridgehead atoms. The van der Waals surface area contributed by atoms with Gasteiger partial charge in [0.2, 0.25) is 5.69 Å². The van der Waals surface area contributed by atoms with Crippen molar-refractivity contribution in [3.05, 3.63) is 122 Å². The molecule has 0 radical (unpaired) electrons. The summed E-state index contributed by atoms with van der Waals surface area (Å²) in [5.74, 6) is -1.31. The number of para-hydroxylation sites is 1. The lowest BCUT2D eigenvalue weighted by atomic mass is 10.2. The second-order valence-electron chi connectivity index (χ2n) is 6.82. The van der Waals surface area contributed by atoms with Crippen molar-refractivity contribution in [2.45, 2.75) is 6.54 Å². The Kier molecular flexibility index (Phi) is 5.96. The monoisotopic (exact) mass is 450 g/mol. The molecule has 0 aliphatic heterocycles. The predicted molar refractivity (Wildman–Crippen MR) is 119 cm³/mol. The number of nitrogens with one attached hydrogen (secondary N) is 1. The molecule has 4 aromatic rings. The van der Waals surface area contributed by atoms with Gasteiger partial charge in [-0.25, -0.2) is 9.18 Å². The quantitative estimate of drug-likeness (QED) is 0.504. The maximum atomic E-state index is 13.2. The summed E-state index contributed by atoms with van der Waals surface area (Å²) < 4.78 is 15.0. The van der Waals surface area contributed by atoms with E-state index in [-0.39, 0.29) is 12.2 Å². The fourth-order valence-corrected chi connectivity index (χ4v) is 3.25. The topological polar surface area (TPSA) is 86.0 Å². The van der Waals surface area contributed by atoms with Gasteiger partial charge in [-0.3, -0.25) is 14.2 Å². The van der Waals surface area contributed by atoms with E-state index in [9.17, 15) is 18.8 Å². The molecule has 4 rings (SSSR count). The molecule has 0 spiro atoms. The molecule has 7 nitrogen and oxygen atoms in total. The van der Waals surface area contributed by atoms with Crippen LogP contribution in [0.4, 0.5) is 10.1 Å². The molecule has 1 N–H and O–H groups in total. The molecule has 1 heterocycles. The van der Waals surface area contributed by atoms with Crippen LogP contribution in [0.1, 0.15) is 16.1 Å². The number of carbonyl (C=O) groups is 1. The second-order valence-corrected chi connectivity index (χ2v) is 7.23. The Morgan fingerprint density at radius 3 is 2.28 bits per heavy atom. The molecule has 0 unspecified atom stereocenters. The van der Waals surface area contributed by atoms with Gasteiger partial charge in [-0.2, -0.15) is 9.78 Å². The summed E-state index contributed by atoms with van der Waals surface area (Å²) in [5.41, 5.74) is -0.913. The molecule has 3 aromatic carbocycles. The first-order valence-corrected chi connectivity index (χ1v) is 9.92. The van der Waals surface area contributed by atoms with Gasteiger partial charge in [0, 0.05) is 10.7 Å². The molecular weight excluding hydrogens is 435 g/mol. The Labute approximate surface area is 186 Å². The summed E-state index contributed by atoms with van der Waals surface area (Å²) in [6, 6.07) is 20.2. The van der Waals surface area contributed by atoms with Crippen LogP contribution < -0.4 is 16.6 Å². The van der Waals surface area contributed by atoms with Crippen molar-refractivity contribution < 1.29 is 9.18 Å². The number of rotatable bonds is 5. The van der Waals surface area contributed by atoms with Crippen molar-refractivity contribution in [2.75, 3.05) is 5.32 Å². The number of halogens is 2. The van der Waals surface area contributed by atoms with Gasteiger partial charge < -0.3 is 5.32 Å². The van der Waals surface area contributed by atoms with Crippen LogP contribution in [0.2, 0.25) is 5.02 Å². The number of benzene rings is 3. The lowest BCUT2D eigenvalue weighted by Gasteiger charge is -2.13. The Balaban J connectivity index is 1.84. The molecule has 32 heavy (non-hydrogen) atoms. The molecule has 160 valence electrons. The van der Waals surface area contributed by atoms with Crippen molar-refractivity contribution in [3.63, 3.8) is 0 Å². The highest BCUT2D eigenvalue weighted by Crippen LogP contribution is 2.15. The van der Waals surface area contributed by atoms with Crippen LogP contribution in [0.25, 0.3) is 5.69 Å². The average Bonchev–Trinajstić information content (AvgIpc) is 2.80. The molecule has 1 aromatic heterocycles. The van der Waals surface area contributed by atoms with E-state index in [0.29, 0.717) is 16.3 Å². The van der Waals surface area contributed by atoms with Crippen LogP contribution in [0, 0.1) is 5.82 Å². The summed E-state index contributed by atoms with van der Waals surface area (Å²) in [5, 5.41) is 6.91. The van der Waals surface area contributed by atoms with E-state index < -0.39 is 28.7 Å². The number of hydrogen-bond donors (Lipinski definition) is 1. The first-order valence-electron chi connectivity index (χ1n) is 9.54. The number of amides is 1. The van der Waals surface area contributed by atoms with E-state index in [1.807, 2.05) is 0 Å². The third kappa shape index (κ3) is 4.35. The standard InChI is InChI=1S/C23H16ClFN4O3/c24-19-9-5-4-6-15(19)14-28-22(31)20(21(30)26-17-12-10-16(25)11-13-17)27-29(23(28)32)18-7-2-1-3-8-18/h1-13H,14H2,(H,26,30). The minimum Gasteiger partial charge on any atom is -0.320 e. The molecule has 0 aliphatic carbocycles. The third-order valence-corrected chi connectivity index (χ3v) is 5.03. The van der Waals surface area contributed by atoms with Crippen molar-refractivity contribution in [2.24, 2.45) is 0 Å². The second kappa shape index (κ2) is 8.99. The number of hydrogen-bond acceptors (Lipinski definition) is 4. The van der Waals surface area contributed by atoms with Gasteiger partial charge in [0.1, 0.15) is 5.82 Å². The minimum atomic E-state index is -0.873. The Bertz CT molecular complexity index is 1400. The van der Waals surface area contributed by atoms with E-state index in [1.54, 1.807) is 54.6 Å². The van der Waals surface area contributed by atoms with Gasteiger partial charge in [0.15, 0.2) is 0 Å². The lowest BCUT2D eigenvalue weighted by molar-refractivity contribution is 0.101. The normalized spacial score (nSPS) is 10.7. The molecule has 1 amide bonds. The molecule has 0 saturated heterocycles. The number of aromatic nitrogens is 3. The lowest BCUT2D eigenvalue weighted by Crippen LogP contribution is -2.45.